The Morgan fingerprint density at radius 1 is 1.07 bits per heavy atom. The fraction of sp³-hybridized carbons (Fsp3) is 0.476. The maximum atomic E-state index is 12.5. The normalized spacial score (nSPS) is 15.2. The number of carbonyl (C=O) groups excluding carboxylic acids is 1. The highest BCUT2D eigenvalue weighted by Gasteiger charge is 2.20. The monoisotopic (exact) mass is 400 g/mol. The number of benzene rings is 1. The van der Waals surface area contributed by atoms with Crippen LogP contribution in [0.25, 0.3) is 0 Å². The Hall–Kier alpha value is -2.87. The lowest BCUT2D eigenvalue weighted by molar-refractivity contribution is -0.133. The van der Waals surface area contributed by atoms with E-state index in [-0.39, 0.29) is 23.8 Å². The van der Waals surface area contributed by atoms with Crippen LogP contribution in [0, 0.1) is 13.8 Å². The summed E-state index contributed by atoms with van der Waals surface area (Å²) in [5.74, 6) is 0.701. The summed E-state index contributed by atoms with van der Waals surface area (Å²) in [5.41, 5.74) is 0.901. The van der Waals surface area contributed by atoms with Crippen LogP contribution in [0.5, 0.6) is 5.75 Å². The van der Waals surface area contributed by atoms with Crippen molar-refractivity contribution in [2.75, 3.05) is 39.3 Å². The van der Waals surface area contributed by atoms with Gasteiger partial charge in [0, 0.05) is 44.5 Å². The molecule has 0 saturated carbocycles. The predicted molar refractivity (Wildman–Crippen MR) is 110 cm³/mol. The molecule has 8 heteroatoms. The Kier molecular flexibility index (Phi) is 6.87. The standard InChI is InChI=1S/C21H28N4O4/c1-16-6-3-4-7-18(16)29-15-20(27)24-9-5-8-23(10-12-24)11-13-25-19(26)14-17(2)22-21(25)28/h3-4,6-7,14H,5,8-13,15H2,1-2H3,(H,22,28). The third-order valence-electron chi connectivity index (χ3n) is 5.18. The molecule has 3 rings (SSSR count). The minimum absolute atomic E-state index is 0.0266. The molecule has 2 aromatic rings. The van der Waals surface area contributed by atoms with E-state index >= 15 is 0 Å². The number of para-hydroxylation sites is 1. The number of nitrogens with one attached hydrogen (secondary N) is 1. The zero-order valence-corrected chi connectivity index (χ0v) is 17.0. The summed E-state index contributed by atoms with van der Waals surface area (Å²) in [6, 6.07) is 9.07. The average Bonchev–Trinajstić information content (AvgIpc) is 2.92. The van der Waals surface area contributed by atoms with E-state index < -0.39 is 0 Å². The number of nitrogens with zero attached hydrogens (tertiary/aromatic N) is 3. The number of aryl methyl sites for hydroxylation is 2. The summed E-state index contributed by atoms with van der Waals surface area (Å²) in [7, 11) is 0. The Bertz CT molecular complexity index is 934. The summed E-state index contributed by atoms with van der Waals surface area (Å²) >= 11 is 0. The molecule has 8 nitrogen and oxygen atoms in total. The lowest BCUT2D eigenvalue weighted by Crippen LogP contribution is -2.41. The molecule has 1 aliphatic rings. The number of carbonyl (C=O) groups is 1. The highest BCUT2D eigenvalue weighted by molar-refractivity contribution is 5.77. The topological polar surface area (TPSA) is 87.6 Å². The predicted octanol–water partition coefficient (Wildman–Crippen LogP) is 0.767. The van der Waals surface area contributed by atoms with Crippen molar-refractivity contribution in [3.8, 4) is 5.75 Å². The first kappa shape index (κ1) is 20.9. The summed E-state index contributed by atoms with van der Waals surface area (Å²) in [5, 5.41) is 0. The van der Waals surface area contributed by atoms with Crippen LogP contribution in [-0.2, 0) is 11.3 Å². The molecule has 1 aromatic carbocycles. The van der Waals surface area contributed by atoms with Gasteiger partial charge in [0.05, 0.1) is 0 Å². The van der Waals surface area contributed by atoms with Crippen molar-refractivity contribution in [1.82, 2.24) is 19.4 Å². The lowest BCUT2D eigenvalue weighted by atomic mass is 10.2. The van der Waals surface area contributed by atoms with Crippen LogP contribution in [0.4, 0.5) is 0 Å². The summed E-state index contributed by atoms with van der Waals surface area (Å²) in [6.07, 6.45) is 0.843. The van der Waals surface area contributed by atoms with E-state index in [1.807, 2.05) is 36.1 Å². The quantitative estimate of drug-likeness (QED) is 0.774. The van der Waals surface area contributed by atoms with E-state index in [1.54, 1.807) is 6.92 Å². The highest BCUT2D eigenvalue weighted by Crippen LogP contribution is 2.16. The van der Waals surface area contributed by atoms with Gasteiger partial charge in [0.1, 0.15) is 5.75 Å². The van der Waals surface area contributed by atoms with Gasteiger partial charge in [0.25, 0.3) is 11.5 Å². The molecule has 156 valence electrons. The first-order valence-corrected chi connectivity index (χ1v) is 9.93. The first-order valence-electron chi connectivity index (χ1n) is 9.93. The molecule has 0 atom stereocenters. The van der Waals surface area contributed by atoms with Crippen LogP contribution in [0.3, 0.4) is 0 Å². The van der Waals surface area contributed by atoms with Gasteiger partial charge in [0.15, 0.2) is 6.61 Å². The molecular weight excluding hydrogens is 372 g/mol. The molecule has 1 saturated heterocycles. The highest BCUT2D eigenvalue weighted by atomic mass is 16.5. The molecule has 0 unspecified atom stereocenters. The maximum absolute atomic E-state index is 12.5. The van der Waals surface area contributed by atoms with Crippen molar-refractivity contribution in [2.45, 2.75) is 26.8 Å². The van der Waals surface area contributed by atoms with E-state index in [9.17, 15) is 14.4 Å². The molecule has 1 N–H and O–H groups in total. The molecule has 1 fully saturated rings. The number of H-pyrrole nitrogens is 1. The molecule has 1 aromatic heterocycles. The Labute approximate surface area is 169 Å². The number of aromatic nitrogens is 2. The van der Waals surface area contributed by atoms with Crippen LogP contribution < -0.4 is 16.0 Å². The Morgan fingerprint density at radius 2 is 1.86 bits per heavy atom. The molecule has 1 aliphatic heterocycles. The molecule has 0 radical (unpaired) electrons. The van der Waals surface area contributed by atoms with E-state index in [2.05, 4.69) is 9.88 Å². The van der Waals surface area contributed by atoms with Crippen LogP contribution in [0.1, 0.15) is 17.7 Å². The van der Waals surface area contributed by atoms with Crippen molar-refractivity contribution in [1.29, 1.82) is 0 Å². The van der Waals surface area contributed by atoms with Gasteiger partial charge in [-0.2, -0.15) is 0 Å². The fourth-order valence-corrected chi connectivity index (χ4v) is 3.48. The van der Waals surface area contributed by atoms with E-state index in [0.29, 0.717) is 38.4 Å². The van der Waals surface area contributed by atoms with Crippen LogP contribution in [0.2, 0.25) is 0 Å². The number of rotatable bonds is 6. The van der Waals surface area contributed by atoms with Gasteiger partial charge in [-0.15, -0.1) is 0 Å². The molecule has 1 amide bonds. The summed E-state index contributed by atoms with van der Waals surface area (Å²) in [4.78, 5) is 43.2. The van der Waals surface area contributed by atoms with Gasteiger partial charge < -0.3 is 14.6 Å². The molecule has 2 heterocycles. The SMILES string of the molecule is Cc1cc(=O)n(CCN2CCCN(C(=O)COc3ccccc3C)CC2)c(=O)[nH]1. The van der Waals surface area contributed by atoms with Crippen LogP contribution in [-0.4, -0.2) is 64.6 Å². The maximum Gasteiger partial charge on any atom is 0.328 e. The Balaban J connectivity index is 1.50. The van der Waals surface area contributed by atoms with Gasteiger partial charge in [0.2, 0.25) is 0 Å². The Morgan fingerprint density at radius 3 is 2.62 bits per heavy atom. The zero-order valence-electron chi connectivity index (χ0n) is 17.0. The second kappa shape index (κ2) is 9.56. The summed E-state index contributed by atoms with van der Waals surface area (Å²) < 4.78 is 6.90. The molecule has 0 bridgehead atoms. The number of ether oxygens (including phenoxy) is 1. The number of aromatic amines is 1. The minimum atomic E-state index is -0.380. The number of amides is 1. The van der Waals surface area contributed by atoms with Crippen LogP contribution in [0.15, 0.2) is 39.9 Å². The van der Waals surface area contributed by atoms with Crippen molar-refractivity contribution in [3.63, 3.8) is 0 Å². The van der Waals surface area contributed by atoms with Crippen molar-refractivity contribution >= 4 is 5.91 Å². The third kappa shape index (κ3) is 5.57. The van der Waals surface area contributed by atoms with E-state index in [4.69, 9.17) is 4.74 Å². The molecule has 29 heavy (non-hydrogen) atoms. The summed E-state index contributed by atoms with van der Waals surface area (Å²) in [6.45, 7) is 7.40. The molecular formula is C21H28N4O4. The second-order valence-electron chi connectivity index (χ2n) is 7.38. The lowest BCUT2D eigenvalue weighted by Gasteiger charge is -2.22. The first-order chi connectivity index (χ1) is 13.9. The average molecular weight is 400 g/mol. The van der Waals surface area contributed by atoms with Crippen molar-refractivity contribution in [3.05, 3.63) is 62.4 Å². The van der Waals surface area contributed by atoms with Gasteiger partial charge in [-0.25, -0.2) is 4.79 Å². The fourth-order valence-electron chi connectivity index (χ4n) is 3.48. The van der Waals surface area contributed by atoms with Gasteiger partial charge in [-0.3, -0.25) is 19.1 Å². The smallest absolute Gasteiger partial charge is 0.328 e. The minimum Gasteiger partial charge on any atom is -0.484 e. The molecule has 0 aliphatic carbocycles. The van der Waals surface area contributed by atoms with Crippen LogP contribution >= 0.6 is 0 Å². The van der Waals surface area contributed by atoms with E-state index in [1.165, 1.54) is 10.6 Å². The second-order valence-corrected chi connectivity index (χ2v) is 7.38. The zero-order chi connectivity index (χ0) is 20.8. The van der Waals surface area contributed by atoms with Crippen molar-refractivity contribution in [2.24, 2.45) is 0 Å². The van der Waals surface area contributed by atoms with E-state index in [0.717, 1.165) is 24.3 Å². The third-order valence-corrected chi connectivity index (χ3v) is 5.18. The number of hydrogen-bond donors (Lipinski definition) is 1. The van der Waals surface area contributed by atoms with Gasteiger partial charge >= 0.3 is 5.69 Å². The molecule has 0 spiro atoms. The van der Waals surface area contributed by atoms with Gasteiger partial charge in [-0.1, -0.05) is 18.2 Å². The van der Waals surface area contributed by atoms with Crippen molar-refractivity contribution < 1.29 is 9.53 Å². The largest absolute Gasteiger partial charge is 0.484 e. The number of hydrogen-bond acceptors (Lipinski definition) is 5. The van der Waals surface area contributed by atoms with Gasteiger partial charge in [-0.05, 0) is 38.4 Å².